The van der Waals surface area contributed by atoms with Crippen LogP contribution >= 0.6 is 0 Å². The highest BCUT2D eigenvalue weighted by atomic mass is 16.5. The molecule has 0 amide bonds. The van der Waals surface area contributed by atoms with E-state index in [1.807, 2.05) is 13.8 Å². The van der Waals surface area contributed by atoms with Crippen LogP contribution in [0.5, 0.6) is 0 Å². The lowest BCUT2D eigenvalue weighted by Crippen LogP contribution is -2.25. The summed E-state index contributed by atoms with van der Waals surface area (Å²) in [6.45, 7) is 8.08. The highest BCUT2D eigenvalue weighted by molar-refractivity contribution is 5.72. The van der Waals surface area contributed by atoms with Gasteiger partial charge in [-0.3, -0.25) is 9.59 Å². The van der Waals surface area contributed by atoms with E-state index >= 15 is 0 Å². The SMILES string of the molecule is CC(C)OC(=O)C(CCCCCCCCCCCCCCCCCC(=O)O)C(C)C. The lowest BCUT2D eigenvalue weighted by atomic mass is 9.90. The van der Waals surface area contributed by atoms with E-state index in [1.165, 1.54) is 77.0 Å². The number of ether oxygens (including phenoxy) is 1. The van der Waals surface area contributed by atoms with Gasteiger partial charge in [-0.1, -0.05) is 104 Å². The fourth-order valence-corrected chi connectivity index (χ4v) is 3.98. The normalized spacial score (nSPS) is 12.5. The Morgan fingerprint density at radius 2 is 1.00 bits per heavy atom. The number of hydrogen-bond acceptors (Lipinski definition) is 3. The molecule has 0 aliphatic rings. The zero-order chi connectivity index (χ0) is 22.6. The predicted octanol–water partition coefficient (Wildman–Crippen LogP) is 7.93. The second kappa shape index (κ2) is 19.9. The maximum Gasteiger partial charge on any atom is 0.309 e. The van der Waals surface area contributed by atoms with E-state index < -0.39 is 5.97 Å². The van der Waals surface area contributed by atoms with Crippen LogP contribution in [0.3, 0.4) is 0 Å². The van der Waals surface area contributed by atoms with Crippen LogP contribution in [0.1, 0.15) is 137 Å². The van der Waals surface area contributed by atoms with Gasteiger partial charge in [0, 0.05) is 6.42 Å². The minimum atomic E-state index is -0.668. The summed E-state index contributed by atoms with van der Waals surface area (Å²) < 4.78 is 5.40. The first kappa shape index (κ1) is 28.9. The first-order valence-corrected chi connectivity index (χ1v) is 12.8. The molecule has 1 unspecified atom stereocenters. The van der Waals surface area contributed by atoms with E-state index in [0.29, 0.717) is 12.3 Å². The standard InChI is InChI=1S/C26H50O4/c1-22(2)24(26(29)30-23(3)4)20-18-16-14-12-10-8-6-5-7-9-11-13-15-17-19-21-25(27)28/h22-24H,5-21H2,1-4H3,(H,27,28). The Balaban J connectivity index is 3.39. The summed E-state index contributed by atoms with van der Waals surface area (Å²) in [4.78, 5) is 22.6. The van der Waals surface area contributed by atoms with Crippen LogP contribution < -0.4 is 0 Å². The lowest BCUT2D eigenvalue weighted by Gasteiger charge is -2.20. The van der Waals surface area contributed by atoms with Gasteiger partial charge in [-0.05, 0) is 32.6 Å². The maximum atomic E-state index is 12.2. The van der Waals surface area contributed by atoms with Gasteiger partial charge in [0.1, 0.15) is 0 Å². The van der Waals surface area contributed by atoms with Gasteiger partial charge >= 0.3 is 11.9 Å². The van der Waals surface area contributed by atoms with Crippen molar-refractivity contribution in [2.75, 3.05) is 0 Å². The summed E-state index contributed by atoms with van der Waals surface area (Å²) in [6.07, 6.45) is 19.9. The number of esters is 1. The van der Waals surface area contributed by atoms with Crippen LogP contribution in [-0.4, -0.2) is 23.1 Å². The number of rotatable bonds is 21. The van der Waals surface area contributed by atoms with Gasteiger partial charge in [0.25, 0.3) is 0 Å². The fourth-order valence-electron chi connectivity index (χ4n) is 3.98. The van der Waals surface area contributed by atoms with Gasteiger partial charge in [0.05, 0.1) is 12.0 Å². The monoisotopic (exact) mass is 426 g/mol. The van der Waals surface area contributed by atoms with Crippen molar-refractivity contribution in [3.05, 3.63) is 0 Å². The second-order valence-corrected chi connectivity index (χ2v) is 9.57. The first-order chi connectivity index (χ1) is 14.3. The van der Waals surface area contributed by atoms with Gasteiger partial charge < -0.3 is 9.84 Å². The van der Waals surface area contributed by atoms with E-state index in [0.717, 1.165) is 25.7 Å². The van der Waals surface area contributed by atoms with Crippen LogP contribution in [0, 0.1) is 11.8 Å². The zero-order valence-corrected chi connectivity index (χ0v) is 20.4. The Labute approximate surface area is 186 Å². The van der Waals surface area contributed by atoms with E-state index in [9.17, 15) is 9.59 Å². The second-order valence-electron chi connectivity index (χ2n) is 9.57. The van der Waals surface area contributed by atoms with E-state index in [1.54, 1.807) is 0 Å². The Hall–Kier alpha value is -1.06. The molecule has 0 fully saturated rings. The molecule has 0 spiro atoms. The smallest absolute Gasteiger partial charge is 0.309 e. The molecule has 0 rings (SSSR count). The topological polar surface area (TPSA) is 63.6 Å². The van der Waals surface area contributed by atoms with Crippen molar-refractivity contribution in [2.24, 2.45) is 11.8 Å². The zero-order valence-electron chi connectivity index (χ0n) is 20.4. The van der Waals surface area contributed by atoms with Crippen molar-refractivity contribution in [1.29, 1.82) is 0 Å². The van der Waals surface area contributed by atoms with Gasteiger partial charge in [-0.2, -0.15) is 0 Å². The average Bonchev–Trinajstić information content (AvgIpc) is 2.65. The lowest BCUT2D eigenvalue weighted by molar-refractivity contribution is -0.154. The number of carboxylic acid groups (broad SMARTS) is 1. The molecule has 0 saturated heterocycles. The van der Waals surface area contributed by atoms with Gasteiger partial charge in [-0.25, -0.2) is 0 Å². The van der Waals surface area contributed by atoms with Crippen LogP contribution in [0.2, 0.25) is 0 Å². The number of carboxylic acids is 1. The summed E-state index contributed by atoms with van der Waals surface area (Å²) in [7, 11) is 0. The molecule has 0 aromatic carbocycles. The molecule has 0 bridgehead atoms. The third-order valence-corrected chi connectivity index (χ3v) is 5.87. The van der Waals surface area contributed by atoms with Crippen molar-refractivity contribution in [2.45, 2.75) is 143 Å². The molecule has 1 N–H and O–H groups in total. The molecule has 4 heteroatoms. The predicted molar refractivity (Wildman–Crippen MR) is 126 cm³/mol. The summed E-state index contributed by atoms with van der Waals surface area (Å²) in [5.74, 6) is -0.276. The summed E-state index contributed by atoms with van der Waals surface area (Å²) in [5, 5.41) is 8.59. The van der Waals surface area contributed by atoms with Crippen molar-refractivity contribution >= 4 is 11.9 Å². The Morgan fingerprint density at radius 1 is 0.633 bits per heavy atom. The molecule has 1 atom stereocenters. The molecule has 0 aromatic rings. The first-order valence-electron chi connectivity index (χ1n) is 12.8. The largest absolute Gasteiger partial charge is 0.481 e. The molecule has 178 valence electrons. The fraction of sp³-hybridized carbons (Fsp3) is 0.923. The molecular weight excluding hydrogens is 376 g/mol. The molecule has 0 aliphatic carbocycles. The Bertz CT molecular complexity index is 417. The number of aliphatic carboxylic acids is 1. The molecule has 30 heavy (non-hydrogen) atoms. The number of hydrogen-bond donors (Lipinski definition) is 1. The van der Waals surface area contributed by atoms with Crippen LogP contribution in [0.15, 0.2) is 0 Å². The third kappa shape index (κ3) is 18.9. The van der Waals surface area contributed by atoms with E-state index in [2.05, 4.69) is 13.8 Å². The van der Waals surface area contributed by atoms with Crippen LogP contribution in [0.4, 0.5) is 0 Å². The minimum absolute atomic E-state index is 0.0156. The van der Waals surface area contributed by atoms with Crippen molar-refractivity contribution in [1.82, 2.24) is 0 Å². The van der Waals surface area contributed by atoms with Gasteiger partial charge in [-0.15, -0.1) is 0 Å². The average molecular weight is 427 g/mol. The number of carbonyl (C=O) groups excluding carboxylic acids is 1. The molecule has 0 heterocycles. The summed E-state index contributed by atoms with van der Waals surface area (Å²) >= 11 is 0. The van der Waals surface area contributed by atoms with Crippen LogP contribution in [-0.2, 0) is 14.3 Å². The maximum absolute atomic E-state index is 12.2. The van der Waals surface area contributed by atoms with Crippen molar-refractivity contribution < 1.29 is 19.4 Å². The Kier molecular flexibility index (Phi) is 19.2. The van der Waals surface area contributed by atoms with Crippen LogP contribution in [0.25, 0.3) is 0 Å². The minimum Gasteiger partial charge on any atom is -0.481 e. The van der Waals surface area contributed by atoms with Gasteiger partial charge in [0.15, 0.2) is 0 Å². The van der Waals surface area contributed by atoms with Crippen molar-refractivity contribution in [3.8, 4) is 0 Å². The molecule has 0 aromatic heterocycles. The Morgan fingerprint density at radius 3 is 1.33 bits per heavy atom. The quantitative estimate of drug-likeness (QED) is 0.149. The summed E-state index contributed by atoms with van der Waals surface area (Å²) in [5.41, 5.74) is 0. The van der Waals surface area contributed by atoms with Gasteiger partial charge in [0.2, 0.25) is 0 Å². The molecule has 0 aliphatic heterocycles. The van der Waals surface area contributed by atoms with Crippen molar-refractivity contribution in [3.63, 3.8) is 0 Å². The number of unbranched alkanes of at least 4 members (excludes halogenated alkanes) is 14. The number of carbonyl (C=O) groups is 2. The molecular formula is C26H50O4. The third-order valence-electron chi connectivity index (χ3n) is 5.87. The van der Waals surface area contributed by atoms with E-state index in [4.69, 9.17) is 9.84 Å². The summed E-state index contributed by atoms with van der Waals surface area (Å²) in [6, 6.07) is 0. The molecule has 4 nitrogen and oxygen atoms in total. The highest BCUT2D eigenvalue weighted by Gasteiger charge is 2.23. The molecule has 0 saturated carbocycles. The van der Waals surface area contributed by atoms with E-state index in [-0.39, 0.29) is 18.0 Å². The molecule has 0 radical (unpaired) electrons. The highest BCUT2D eigenvalue weighted by Crippen LogP contribution is 2.22.